The van der Waals surface area contributed by atoms with Gasteiger partial charge in [0.15, 0.2) is 0 Å². The van der Waals surface area contributed by atoms with E-state index in [-0.39, 0.29) is 0 Å². The van der Waals surface area contributed by atoms with E-state index in [1.165, 1.54) is 10.3 Å². The second kappa shape index (κ2) is 5.81. The first-order chi connectivity index (χ1) is 9.74. The third-order valence-electron chi connectivity index (χ3n) is 3.49. The van der Waals surface area contributed by atoms with Crippen LogP contribution in [0.15, 0.2) is 52.3 Å². The van der Waals surface area contributed by atoms with Crippen LogP contribution in [0.4, 0.5) is 0 Å². The van der Waals surface area contributed by atoms with Gasteiger partial charge in [-0.25, -0.2) is 0 Å². The molecule has 0 aliphatic rings. The Morgan fingerprint density at radius 2 is 2.00 bits per heavy atom. The molecule has 1 atom stereocenters. The van der Waals surface area contributed by atoms with Crippen molar-refractivity contribution >= 4 is 22.3 Å². The fraction of sp³-hybridized carbons (Fsp3) is 0.294. The number of hydrogen-bond acceptors (Lipinski definition) is 3. The van der Waals surface area contributed by atoms with Crippen molar-refractivity contribution in [2.24, 2.45) is 5.92 Å². The highest BCUT2D eigenvalue weighted by molar-refractivity contribution is 7.10. The van der Waals surface area contributed by atoms with E-state index >= 15 is 0 Å². The molecule has 0 radical (unpaired) electrons. The van der Waals surface area contributed by atoms with Crippen LogP contribution < -0.4 is 5.32 Å². The minimum Gasteiger partial charge on any atom is -0.460 e. The molecule has 0 saturated heterocycles. The summed E-state index contributed by atoms with van der Waals surface area (Å²) >= 11 is 1.81. The maximum atomic E-state index is 5.86. The van der Waals surface area contributed by atoms with E-state index in [9.17, 15) is 0 Å². The smallest absolute Gasteiger partial charge is 0.134 e. The van der Waals surface area contributed by atoms with Crippen LogP contribution in [-0.2, 0) is 6.54 Å². The van der Waals surface area contributed by atoms with Crippen molar-refractivity contribution in [1.82, 2.24) is 5.32 Å². The van der Waals surface area contributed by atoms with Crippen LogP contribution in [0.5, 0.6) is 0 Å². The molecule has 0 fully saturated rings. The summed E-state index contributed by atoms with van der Waals surface area (Å²) < 4.78 is 5.86. The van der Waals surface area contributed by atoms with Crippen LogP contribution in [0.2, 0.25) is 0 Å². The molecule has 0 aliphatic carbocycles. The molecule has 20 heavy (non-hydrogen) atoms. The molecule has 2 nitrogen and oxygen atoms in total. The molecule has 0 bridgehead atoms. The molecule has 104 valence electrons. The summed E-state index contributed by atoms with van der Waals surface area (Å²) in [6.45, 7) is 5.25. The van der Waals surface area contributed by atoms with Gasteiger partial charge in [-0.15, -0.1) is 11.3 Å². The maximum Gasteiger partial charge on any atom is 0.134 e. The Kier molecular flexibility index (Phi) is 3.90. The molecule has 1 aromatic carbocycles. The summed E-state index contributed by atoms with van der Waals surface area (Å²) in [6.07, 6.45) is 0. The lowest BCUT2D eigenvalue weighted by atomic mass is 10.0. The Bertz CT molecular complexity index is 636. The van der Waals surface area contributed by atoms with Crippen LogP contribution in [0, 0.1) is 5.92 Å². The SMILES string of the molecule is CC(C)C(NCc1cc2ccccc2o1)c1cccs1. The van der Waals surface area contributed by atoms with Crippen LogP contribution in [-0.4, -0.2) is 0 Å². The molecule has 2 aromatic heterocycles. The van der Waals surface area contributed by atoms with Crippen molar-refractivity contribution in [2.75, 3.05) is 0 Å². The molecule has 0 spiro atoms. The van der Waals surface area contributed by atoms with Crippen LogP contribution >= 0.6 is 11.3 Å². The number of benzene rings is 1. The predicted molar refractivity (Wildman–Crippen MR) is 85.0 cm³/mol. The minimum atomic E-state index is 0.378. The van der Waals surface area contributed by atoms with Crippen LogP contribution in [0.25, 0.3) is 11.0 Å². The summed E-state index contributed by atoms with van der Waals surface area (Å²) in [5.41, 5.74) is 0.960. The third kappa shape index (κ3) is 2.79. The zero-order valence-electron chi connectivity index (χ0n) is 11.8. The fourth-order valence-electron chi connectivity index (χ4n) is 2.47. The predicted octanol–water partition coefficient (Wildman–Crippen LogP) is 4.98. The topological polar surface area (TPSA) is 25.2 Å². The Labute approximate surface area is 123 Å². The van der Waals surface area contributed by atoms with Crippen molar-refractivity contribution in [3.05, 3.63) is 58.5 Å². The lowest BCUT2D eigenvalue weighted by molar-refractivity contribution is 0.394. The third-order valence-corrected chi connectivity index (χ3v) is 4.44. The molecule has 0 amide bonds. The van der Waals surface area contributed by atoms with Gasteiger partial charge in [-0.1, -0.05) is 38.1 Å². The van der Waals surface area contributed by atoms with E-state index in [0.29, 0.717) is 12.0 Å². The molecular formula is C17H19NOS. The van der Waals surface area contributed by atoms with Gasteiger partial charge in [0.1, 0.15) is 11.3 Å². The molecule has 1 unspecified atom stereocenters. The van der Waals surface area contributed by atoms with E-state index in [2.05, 4.69) is 48.8 Å². The first-order valence-electron chi connectivity index (χ1n) is 6.98. The Balaban J connectivity index is 1.74. The van der Waals surface area contributed by atoms with Gasteiger partial charge in [0.2, 0.25) is 0 Å². The van der Waals surface area contributed by atoms with Crippen molar-refractivity contribution in [3.63, 3.8) is 0 Å². The molecule has 3 aromatic rings. The van der Waals surface area contributed by atoms with Gasteiger partial charge in [0.25, 0.3) is 0 Å². The molecule has 3 rings (SSSR count). The monoisotopic (exact) mass is 285 g/mol. The molecule has 3 heteroatoms. The summed E-state index contributed by atoms with van der Waals surface area (Å²) in [4.78, 5) is 1.39. The zero-order valence-corrected chi connectivity index (χ0v) is 12.6. The number of hydrogen-bond donors (Lipinski definition) is 1. The van der Waals surface area contributed by atoms with Gasteiger partial charge in [-0.3, -0.25) is 0 Å². The zero-order chi connectivity index (χ0) is 13.9. The number of furan rings is 1. The van der Waals surface area contributed by atoms with E-state index in [4.69, 9.17) is 4.42 Å². The van der Waals surface area contributed by atoms with Crippen LogP contribution in [0.1, 0.15) is 30.5 Å². The van der Waals surface area contributed by atoms with Gasteiger partial charge in [-0.2, -0.15) is 0 Å². The lowest BCUT2D eigenvalue weighted by Crippen LogP contribution is -2.24. The average Bonchev–Trinajstić information content (AvgIpc) is 3.06. The van der Waals surface area contributed by atoms with Crippen LogP contribution in [0.3, 0.4) is 0 Å². The molecule has 0 aliphatic heterocycles. The second-order valence-electron chi connectivity index (χ2n) is 5.37. The second-order valence-corrected chi connectivity index (χ2v) is 6.35. The average molecular weight is 285 g/mol. The summed E-state index contributed by atoms with van der Waals surface area (Å²) in [6, 6.07) is 14.9. The highest BCUT2D eigenvalue weighted by Gasteiger charge is 2.16. The largest absolute Gasteiger partial charge is 0.460 e. The minimum absolute atomic E-state index is 0.378. The molecule has 2 heterocycles. The molecular weight excluding hydrogens is 266 g/mol. The van der Waals surface area contributed by atoms with E-state index < -0.39 is 0 Å². The highest BCUT2D eigenvalue weighted by Crippen LogP contribution is 2.27. The Morgan fingerprint density at radius 1 is 1.15 bits per heavy atom. The number of nitrogens with one attached hydrogen (secondary N) is 1. The van der Waals surface area contributed by atoms with Crippen molar-refractivity contribution < 1.29 is 4.42 Å². The van der Waals surface area contributed by atoms with E-state index in [1.54, 1.807) is 11.3 Å². The molecule has 0 saturated carbocycles. The quantitative estimate of drug-likeness (QED) is 0.715. The van der Waals surface area contributed by atoms with Crippen molar-refractivity contribution in [1.29, 1.82) is 0 Å². The fourth-order valence-corrected chi connectivity index (χ4v) is 3.44. The highest BCUT2D eigenvalue weighted by atomic mass is 32.1. The van der Waals surface area contributed by atoms with Gasteiger partial charge in [0.05, 0.1) is 6.54 Å². The maximum absolute atomic E-state index is 5.86. The summed E-state index contributed by atoms with van der Waals surface area (Å²) in [5, 5.41) is 6.92. The number of rotatable bonds is 5. The number of fused-ring (bicyclic) bond motifs is 1. The normalized spacial score (nSPS) is 13.2. The van der Waals surface area contributed by atoms with Gasteiger partial charge in [-0.05, 0) is 29.5 Å². The first-order valence-corrected chi connectivity index (χ1v) is 7.86. The Hall–Kier alpha value is -1.58. The van der Waals surface area contributed by atoms with Crippen molar-refractivity contribution in [2.45, 2.75) is 26.4 Å². The van der Waals surface area contributed by atoms with E-state index in [1.807, 2.05) is 18.2 Å². The first kappa shape index (κ1) is 13.4. The number of thiophene rings is 1. The molecule has 1 N–H and O–H groups in total. The standard InChI is InChI=1S/C17H19NOS/c1-12(2)17(16-8-5-9-20-16)18-11-14-10-13-6-3-4-7-15(13)19-14/h3-10,12,17-18H,11H2,1-2H3. The van der Waals surface area contributed by atoms with Gasteiger partial charge >= 0.3 is 0 Å². The Morgan fingerprint density at radius 3 is 2.70 bits per heavy atom. The van der Waals surface area contributed by atoms with Gasteiger partial charge in [0, 0.05) is 16.3 Å². The lowest BCUT2D eigenvalue weighted by Gasteiger charge is -2.20. The van der Waals surface area contributed by atoms with Crippen molar-refractivity contribution in [3.8, 4) is 0 Å². The summed E-state index contributed by atoms with van der Waals surface area (Å²) in [5.74, 6) is 1.55. The number of para-hydroxylation sites is 1. The van der Waals surface area contributed by atoms with Gasteiger partial charge < -0.3 is 9.73 Å². The van der Waals surface area contributed by atoms with E-state index in [0.717, 1.165) is 17.9 Å². The summed E-state index contributed by atoms with van der Waals surface area (Å²) in [7, 11) is 0.